The Balaban J connectivity index is 1.87. The molecule has 0 aromatic heterocycles. The zero-order valence-corrected chi connectivity index (χ0v) is 16.5. The largest absolute Gasteiger partial charge is 0.438 e. The van der Waals surface area contributed by atoms with Crippen LogP contribution in [0.4, 0.5) is 0 Å². The molecule has 0 aliphatic heterocycles. The normalized spacial score (nSPS) is 11.4. The highest BCUT2D eigenvalue weighted by Gasteiger charge is 2.44. The summed E-state index contributed by atoms with van der Waals surface area (Å²) < 4.78 is 6.50. The van der Waals surface area contributed by atoms with E-state index in [-0.39, 0.29) is 0 Å². The highest BCUT2D eigenvalue weighted by molar-refractivity contribution is 7.07. The van der Waals surface area contributed by atoms with Gasteiger partial charge in [0.15, 0.2) is 0 Å². The second-order valence-electron chi connectivity index (χ2n) is 6.52. The predicted molar refractivity (Wildman–Crippen MR) is 119 cm³/mol. The third-order valence-electron chi connectivity index (χ3n) is 4.73. The number of rotatable bonds is 6. The molecule has 0 unspecified atom stereocenters. The van der Waals surface area contributed by atoms with Gasteiger partial charge in [-0.05, 0) is 21.1 Å². The summed E-state index contributed by atoms with van der Waals surface area (Å²) in [6.45, 7) is 0. The summed E-state index contributed by atoms with van der Waals surface area (Å²) in [5.41, 5.74) is 1.01. The van der Waals surface area contributed by atoms with Crippen LogP contribution in [0.2, 0.25) is 0 Å². The fourth-order valence-corrected chi connectivity index (χ4v) is 6.89. The van der Waals surface area contributed by atoms with Crippen molar-refractivity contribution >= 4 is 30.1 Å². The topological polar surface area (TPSA) is 21.6 Å². The van der Waals surface area contributed by atoms with Crippen LogP contribution in [-0.4, -0.2) is 14.5 Å². The molecule has 3 heteroatoms. The van der Waals surface area contributed by atoms with Gasteiger partial charge in [-0.3, -0.25) is 0 Å². The van der Waals surface area contributed by atoms with Gasteiger partial charge >= 0.3 is 8.32 Å². The van der Waals surface area contributed by atoms with Crippen LogP contribution in [0.5, 0.6) is 0 Å². The summed E-state index contributed by atoms with van der Waals surface area (Å²) in [5.74, 6) is 0. The number of oxime groups is 1. The molecule has 4 rings (SSSR count). The van der Waals surface area contributed by atoms with Gasteiger partial charge in [0, 0.05) is 0 Å². The van der Waals surface area contributed by atoms with Crippen molar-refractivity contribution in [3.05, 3.63) is 127 Å². The van der Waals surface area contributed by atoms with Crippen molar-refractivity contribution in [1.82, 2.24) is 0 Å². The predicted octanol–water partition coefficient (Wildman–Crippen LogP) is 3.70. The summed E-state index contributed by atoms with van der Waals surface area (Å²) in [4.78, 5) is 0. The van der Waals surface area contributed by atoms with Crippen LogP contribution in [0.1, 0.15) is 5.56 Å². The quantitative estimate of drug-likeness (QED) is 0.217. The van der Waals surface area contributed by atoms with Crippen molar-refractivity contribution in [2.45, 2.75) is 0 Å². The average Bonchev–Trinajstić information content (AvgIpc) is 2.79. The molecule has 0 bridgehead atoms. The van der Waals surface area contributed by atoms with Crippen LogP contribution in [0.25, 0.3) is 0 Å². The Morgan fingerprint density at radius 2 is 0.857 bits per heavy atom. The van der Waals surface area contributed by atoms with E-state index in [1.807, 2.05) is 48.5 Å². The molecule has 0 fully saturated rings. The molecule has 0 radical (unpaired) electrons. The maximum absolute atomic E-state index is 6.50. The van der Waals surface area contributed by atoms with Gasteiger partial charge in [-0.2, -0.15) is 0 Å². The second-order valence-corrected chi connectivity index (χ2v) is 9.79. The van der Waals surface area contributed by atoms with Crippen LogP contribution in [0.15, 0.2) is 126 Å². The van der Waals surface area contributed by atoms with Crippen molar-refractivity contribution in [1.29, 1.82) is 0 Å². The molecule has 28 heavy (non-hydrogen) atoms. The van der Waals surface area contributed by atoms with Gasteiger partial charge in [-0.25, -0.2) is 0 Å². The summed E-state index contributed by atoms with van der Waals surface area (Å²) >= 11 is 0. The van der Waals surface area contributed by atoms with Crippen LogP contribution in [-0.2, 0) is 4.53 Å². The molecule has 136 valence electrons. The molecule has 0 aliphatic carbocycles. The van der Waals surface area contributed by atoms with E-state index in [0.717, 1.165) is 21.1 Å². The van der Waals surface area contributed by atoms with Crippen molar-refractivity contribution in [3.63, 3.8) is 0 Å². The molecule has 0 spiro atoms. The monoisotopic (exact) mass is 379 g/mol. The Kier molecular flexibility index (Phi) is 5.45. The first-order valence-corrected chi connectivity index (χ1v) is 11.2. The maximum Gasteiger partial charge on any atom is 0.380 e. The van der Waals surface area contributed by atoms with Crippen LogP contribution < -0.4 is 15.6 Å². The lowest BCUT2D eigenvalue weighted by molar-refractivity contribution is 0.351. The zero-order chi connectivity index (χ0) is 19.1. The van der Waals surface area contributed by atoms with E-state index in [1.165, 1.54) is 0 Å². The van der Waals surface area contributed by atoms with Gasteiger partial charge in [0.1, 0.15) is 0 Å². The van der Waals surface area contributed by atoms with Gasteiger partial charge in [0.05, 0.1) is 6.21 Å². The number of hydrogen-bond acceptors (Lipinski definition) is 2. The number of nitrogens with zero attached hydrogens (tertiary/aromatic N) is 1. The van der Waals surface area contributed by atoms with Crippen LogP contribution >= 0.6 is 0 Å². The average molecular weight is 380 g/mol. The Bertz CT molecular complexity index is 922. The molecule has 0 aliphatic rings. The Morgan fingerprint density at radius 1 is 0.500 bits per heavy atom. The molecule has 0 saturated carbocycles. The van der Waals surface area contributed by atoms with E-state index in [0.29, 0.717) is 0 Å². The van der Waals surface area contributed by atoms with Gasteiger partial charge in [0.2, 0.25) is 0 Å². The standard InChI is InChI=1S/C25H21NOSi/c1-5-13-22(14-6-1)21-26-27-28(23-15-7-2-8-16-23,24-17-9-3-10-18-24)25-19-11-4-12-20-25/h1-21H/b26-21+. The molecule has 0 heterocycles. The fourth-order valence-electron chi connectivity index (χ4n) is 3.38. The fraction of sp³-hybridized carbons (Fsp3) is 0. The SMILES string of the molecule is C(=N\O[Si](c1ccccc1)(c1ccccc1)c1ccccc1)/c1ccccc1. The first-order chi connectivity index (χ1) is 13.9. The van der Waals surface area contributed by atoms with E-state index in [1.54, 1.807) is 6.21 Å². The molecule has 0 saturated heterocycles. The molecule has 2 nitrogen and oxygen atoms in total. The molecule has 0 amide bonds. The first-order valence-electron chi connectivity index (χ1n) is 9.33. The third-order valence-corrected chi connectivity index (χ3v) is 8.55. The molecule has 0 atom stereocenters. The Morgan fingerprint density at radius 3 is 1.25 bits per heavy atom. The summed E-state index contributed by atoms with van der Waals surface area (Å²) in [7, 11) is -2.78. The zero-order valence-electron chi connectivity index (χ0n) is 15.5. The van der Waals surface area contributed by atoms with Gasteiger partial charge in [-0.1, -0.05) is 121 Å². The summed E-state index contributed by atoms with van der Waals surface area (Å²) in [6, 6.07) is 41.4. The lowest BCUT2D eigenvalue weighted by Crippen LogP contribution is -2.68. The minimum absolute atomic E-state index is 1.01. The van der Waals surface area contributed by atoms with Gasteiger partial charge in [0.25, 0.3) is 0 Å². The minimum atomic E-state index is -2.78. The summed E-state index contributed by atoms with van der Waals surface area (Å²) in [5, 5.41) is 7.97. The maximum atomic E-state index is 6.50. The second kappa shape index (κ2) is 8.50. The van der Waals surface area contributed by atoms with Gasteiger partial charge in [-0.15, -0.1) is 5.16 Å². The Hall–Kier alpha value is -3.43. The number of hydrogen-bond donors (Lipinski definition) is 0. The minimum Gasteiger partial charge on any atom is -0.438 e. The highest BCUT2D eigenvalue weighted by Crippen LogP contribution is 2.10. The van der Waals surface area contributed by atoms with Gasteiger partial charge < -0.3 is 4.53 Å². The third kappa shape index (κ3) is 3.66. The molecule has 4 aromatic carbocycles. The van der Waals surface area contributed by atoms with Crippen molar-refractivity contribution < 1.29 is 4.53 Å². The lowest BCUT2D eigenvalue weighted by atomic mass is 10.2. The van der Waals surface area contributed by atoms with Crippen molar-refractivity contribution in [2.75, 3.05) is 0 Å². The van der Waals surface area contributed by atoms with E-state index < -0.39 is 8.32 Å². The van der Waals surface area contributed by atoms with E-state index in [2.05, 4.69) is 78.0 Å². The first kappa shape index (κ1) is 18.0. The molecular formula is C25H21NOSi. The van der Waals surface area contributed by atoms with Crippen molar-refractivity contribution in [3.8, 4) is 0 Å². The van der Waals surface area contributed by atoms with Crippen molar-refractivity contribution in [2.24, 2.45) is 5.16 Å². The van der Waals surface area contributed by atoms with E-state index in [9.17, 15) is 0 Å². The molecule has 4 aromatic rings. The van der Waals surface area contributed by atoms with Crippen LogP contribution in [0.3, 0.4) is 0 Å². The molecule has 0 N–H and O–H groups in total. The number of benzene rings is 4. The lowest BCUT2D eigenvalue weighted by Gasteiger charge is -2.30. The smallest absolute Gasteiger partial charge is 0.380 e. The van der Waals surface area contributed by atoms with E-state index in [4.69, 9.17) is 4.53 Å². The summed E-state index contributed by atoms with van der Waals surface area (Å²) in [6.07, 6.45) is 1.79. The van der Waals surface area contributed by atoms with E-state index >= 15 is 0 Å². The Labute approximate surface area is 166 Å². The molecular weight excluding hydrogens is 358 g/mol. The highest BCUT2D eigenvalue weighted by atomic mass is 28.4. The van der Waals surface area contributed by atoms with Crippen LogP contribution in [0, 0.1) is 0 Å².